The number of likely N-dealkylation sites (N-methyl/N-ethyl adjacent to an activating group) is 1. The molecule has 0 saturated carbocycles. The van der Waals surface area contributed by atoms with Crippen molar-refractivity contribution in [3.05, 3.63) is 28.3 Å². The molecule has 0 saturated heterocycles. The highest BCUT2D eigenvalue weighted by molar-refractivity contribution is 5.82. The van der Waals surface area contributed by atoms with Gasteiger partial charge in [0.15, 0.2) is 11.5 Å². The van der Waals surface area contributed by atoms with Gasteiger partial charge in [-0.15, -0.1) is 0 Å². The molecule has 0 aliphatic rings. The second-order valence-corrected chi connectivity index (χ2v) is 6.24. The van der Waals surface area contributed by atoms with E-state index in [4.69, 9.17) is 9.47 Å². The number of hydrogen-bond acceptors (Lipinski definition) is 6. The van der Waals surface area contributed by atoms with Crippen LogP contribution in [0.15, 0.2) is 16.9 Å². The molecular formula is C19H28N4O4. The molecule has 1 heterocycles. The Balaban J connectivity index is 2.19. The van der Waals surface area contributed by atoms with E-state index in [9.17, 15) is 9.59 Å². The molecule has 0 bridgehead atoms. The zero-order valence-electron chi connectivity index (χ0n) is 16.4. The van der Waals surface area contributed by atoms with Crippen LogP contribution < -0.4 is 20.3 Å². The average Bonchev–Trinajstić information content (AvgIpc) is 2.66. The molecule has 2 aromatic rings. The lowest BCUT2D eigenvalue weighted by Crippen LogP contribution is -2.37. The summed E-state index contributed by atoms with van der Waals surface area (Å²) in [5, 5.41) is 3.33. The van der Waals surface area contributed by atoms with Crippen molar-refractivity contribution in [2.45, 2.75) is 33.2 Å². The predicted molar refractivity (Wildman–Crippen MR) is 104 cm³/mol. The Hall–Kier alpha value is -2.61. The first-order valence-corrected chi connectivity index (χ1v) is 9.16. The molecule has 0 atom stereocenters. The van der Waals surface area contributed by atoms with Crippen molar-refractivity contribution in [3.63, 3.8) is 0 Å². The fourth-order valence-corrected chi connectivity index (χ4v) is 2.74. The minimum absolute atomic E-state index is 0.0279. The molecule has 1 aromatic heterocycles. The minimum atomic E-state index is -0.251. The monoisotopic (exact) mass is 376 g/mol. The maximum atomic E-state index is 12.4. The number of nitrogens with zero attached hydrogens (tertiary/aromatic N) is 2. The van der Waals surface area contributed by atoms with Crippen molar-refractivity contribution in [1.29, 1.82) is 0 Å². The van der Waals surface area contributed by atoms with Gasteiger partial charge in [0.25, 0.3) is 5.56 Å². The summed E-state index contributed by atoms with van der Waals surface area (Å²) in [6.45, 7) is 6.02. The van der Waals surface area contributed by atoms with Gasteiger partial charge < -0.3 is 19.8 Å². The molecule has 0 radical (unpaired) electrons. The van der Waals surface area contributed by atoms with Crippen LogP contribution in [0.2, 0.25) is 0 Å². The summed E-state index contributed by atoms with van der Waals surface area (Å²) < 4.78 is 10.5. The lowest BCUT2D eigenvalue weighted by Gasteiger charge is -2.19. The number of nitrogens with one attached hydrogen (secondary N) is 2. The summed E-state index contributed by atoms with van der Waals surface area (Å²) in [4.78, 5) is 33.7. The number of H-pyrrole nitrogens is 1. The lowest BCUT2D eigenvalue weighted by molar-refractivity contribution is -0.122. The zero-order valence-corrected chi connectivity index (χ0v) is 16.4. The van der Waals surface area contributed by atoms with Crippen LogP contribution in [0, 0.1) is 0 Å². The van der Waals surface area contributed by atoms with Crippen LogP contribution in [0.25, 0.3) is 10.9 Å². The number of aromatic nitrogens is 2. The van der Waals surface area contributed by atoms with E-state index in [1.165, 1.54) is 14.2 Å². The topological polar surface area (TPSA) is 96.6 Å². The van der Waals surface area contributed by atoms with Gasteiger partial charge in [-0.25, -0.2) is 4.98 Å². The molecule has 8 heteroatoms. The van der Waals surface area contributed by atoms with E-state index >= 15 is 0 Å². The van der Waals surface area contributed by atoms with Crippen LogP contribution in [0.3, 0.4) is 0 Å². The summed E-state index contributed by atoms with van der Waals surface area (Å²) >= 11 is 0. The molecule has 1 amide bonds. The zero-order chi connectivity index (χ0) is 19.8. The molecule has 0 unspecified atom stereocenters. The average molecular weight is 376 g/mol. The number of ether oxygens (including phenoxy) is 2. The molecule has 27 heavy (non-hydrogen) atoms. The number of fused-ring (bicyclic) bond motifs is 1. The Labute approximate surface area is 158 Å². The number of rotatable bonds is 10. The summed E-state index contributed by atoms with van der Waals surface area (Å²) in [6.07, 6.45) is 2.00. The molecule has 2 rings (SSSR count). The second-order valence-electron chi connectivity index (χ2n) is 6.24. The number of benzene rings is 1. The second kappa shape index (κ2) is 9.91. The molecule has 0 fully saturated rings. The van der Waals surface area contributed by atoms with Crippen molar-refractivity contribution in [3.8, 4) is 11.5 Å². The Bertz CT molecular complexity index is 834. The van der Waals surface area contributed by atoms with Gasteiger partial charge in [0.1, 0.15) is 5.82 Å². The molecule has 8 nitrogen and oxygen atoms in total. The maximum Gasteiger partial charge on any atom is 0.258 e. The largest absolute Gasteiger partial charge is 0.493 e. The van der Waals surface area contributed by atoms with Gasteiger partial charge in [-0.3, -0.25) is 14.5 Å². The van der Waals surface area contributed by atoms with Gasteiger partial charge in [-0.1, -0.05) is 20.3 Å². The normalized spacial score (nSPS) is 11.0. The third-order valence-corrected chi connectivity index (χ3v) is 4.30. The van der Waals surface area contributed by atoms with Crippen LogP contribution in [0.1, 0.15) is 32.5 Å². The Morgan fingerprint density at radius 1 is 1.22 bits per heavy atom. The summed E-state index contributed by atoms with van der Waals surface area (Å²) in [5.74, 6) is 1.46. The fraction of sp³-hybridized carbons (Fsp3) is 0.526. The molecule has 148 valence electrons. The van der Waals surface area contributed by atoms with Gasteiger partial charge in [0.2, 0.25) is 5.91 Å². The molecule has 1 aromatic carbocycles. The highest BCUT2D eigenvalue weighted by Gasteiger charge is 2.14. The van der Waals surface area contributed by atoms with E-state index in [1.807, 2.05) is 11.8 Å². The predicted octanol–water partition coefficient (Wildman–Crippen LogP) is 1.68. The van der Waals surface area contributed by atoms with E-state index in [0.29, 0.717) is 47.9 Å². The number of carbonyl (C=O) groups excluding carboxylic acids is 1. The summed E-state index contributed by atoms with van der Waals surface area (Å²) in [5.41, 5.74) is 0.272. The first kappa shape index (κ1) is 20.7. The number of methoxy groups -OCH3 is 2. The summed E-state index contributed by atoms with van der Waals surface area (Å²) in [6, 6.07) is 3.29. The van der Waals surface area contributed by atoms with Crippen molar-refractivity contribution in [1.82, 2.24) is 20.2 Å². The van der Waals surface area contributed by atoms with Crippen LogP contribution in [-0.2, 0) is 11.3 Å². The number of aromatic amines is 1. The molecule has 2 N–H and O–H groups in total. The third kappa shape index (κ3) is 5.43. The van der Waals surface area contributed by atoms with E-state index in [-0.39, 0.29) is 18.0 Å². The van der Waals surface area contributed by atoms with Crippen LogP contribution in [0.4, 0.5) is 0 Å². The number of amides is 1. The van der Waals surface area contributed by atoms with Gasteiger partial charge in [-0.05, 0) is 19.0 Å². The van der Waals surface area contributed by atoms with Gasteiger partial charge >= 0.3 is 0 Å². The standard InChI is InChI=1S/C19H28N4O4/c1-5-7-8-20-18(24)12-23(6-2)11-17-21-14-10-16(27-4)15(26-3)9-13(14)19(25)22-17/h9-10H,5-8,11-12H2,1-4H3,(H,20,24)(H,21,22,25). The SMILES string of the molecule is CCCCNC(=O)CN(CC)Cc1nc2cc(OC)c(OC)cc2c(=O)[nH]1. The van der Waals surface area contributed by atoms with E-state index in [0.717, 1.165) is 12.8 Å². The first-order chi connectivity index (χ1) is 13.0. The third-order valence-electron chi connectivity index (χ3n) is 4.30. The number of unbranched alkanes of at least 4 members (excludes halogenated alkanes) is 1. The smallest absolute Gasteiger partial charge is 0.258 e. The summed E-state index contributed by atoms with van der Waals surface area (Å²) in [7, 11) is 3.05. The quantitative estimate of drug-likeness (QED) is 0.613. The van der Waals surface area contributed by atoms with Crippen molar-refractivity contribution < 1.29 is 14.3 Å². The van der Waals surface area contributed by atoms with E-state index < -0.39 is 0 Å². The van der Waals surface area contributed by atoms with Crippen molar-refractivity contribution in [2.75, 3.05) is 33.9 Å². The maximum absolute atomic E-state index is 12.4. The lowest BCUT2D eigenvalue weighted by atomic mass is 10.2. The Kier molecular flexibility index (Phi) is 7.60. The molecule has 0 aliphatic heterocycles. The van der Waals surface area contributed by atoms with E-state index in [1.54, 1.807) is 12.1 Å². The minimum Gasteiger partial charge on any atom is -0.493 e. The van der Waals surface area contributed by atoms with Crippen molar-refractivity contribution in [2.24, 2.45) is 0 Å². The molecular weight excluding hydrogens is 348 g/mol. The van der Waals surface area contributed by atoms with Gasteiger partial charge in [0.05, 0.1) is 38.2 Å². The Morgan fingerprint density at radius 2 is 1.93 bits per heavy atom. The van der Waals surface area contributed by atoms with Gasteiger partial charge in [0, 0.05) is 12.6 Å². The number of carbonyl (C=O) groups is 1. The first-order valence-electron chi connectivity index (χ1n) is 9.16. The Morgan fingerprint density at radius 3 is 2.56 bits per heavy atom. The van der Waals surface area contributed by atoms with Gasteiger partial charge in [-0.2, -0.15) is 0 Å². The van der Waals surface area contributed by atoms with Crippen LogP contribution in [0.5, 0.6) is 11.5 Å². The molecule has 0 aliphatic carbocycles. The van der Waals surface area contributed by atoms with Crippen molar-refractivity contribution >= 4 is 16.8 Å². The van der Waals surface area contributed by atoms with Crippen LogP contribution >= 0.6 is 0 Å². The molecule has 0 spiro atoms. The van der Waals surface area contributed by atoms with E-state index in [2.05, 4.69) is 22.2 Å². The highest BCUT2D eigenvalue weighted by Crippen LogP contribution is 2.29. The number of hydrogen-bond donors (Lipinski definition) is 2. The highest BCUT2D eigenvalue weighted by atomic mass is 16.5. The fourth-order valence-electron chi connectivity index (χ4n) is 2.74. The van der Waals surface area contributed by atoms with Crippen LogP contribution in [-0.4, -0.2) is 54.6 Å².